The van der Waals surface area contributed by atoms with Gasteiger partial charge in [-0.1, -0.05) is 6.08 Å². The Labute approximate surface area is 72.3 Å². The summed E-state index contributed by atoms with van der Waals surface area (Å²) >= 11 is 0. The van der Waals surface area contributed by atoms with Crippen molar-refractivity contribution >= 4 is 7.82 Å². The highest BCUT2D eigenvalue weighted by molar-refractivity contribution is 7.48. The predicted molar refractivity (Wildman–Crippen MR) is 45.5 cm³/mol. The third kappa shape index (κ3) is 4.64. The Morgan fingerprint density at radius 2 is 2.08 bits per heavy atom. The van der Waals surface area contributed by atoms with Crippen LogP contribution in [0.1, 0.15) is 6.42 Å². The minimum Gasteiger partial charge on any atom is -0.289 e. The maximum atomic E-state index is 11.2. The topological polar surface area (TPSA) is 56.8 Å². The first-order valence-corrected chi connectivity index (χ1v) is 4.88. The van der Waals surface area contributed by atoms with Crippen LogP contribution < -0.4 is 5.48 Å². The molecule has 0 aliphatic rings. The van der Waals surface area contributed by atoms with Crippen molar-refractivity contribution in [1.82, 2.24) is 5.48 Å². The molecule has 0 rings (SSSR count). The van der Waals surface area contributed by atoms with Gasteiger partial charge in [-0.2, -0.15) is 10.1 Å². The van der Waals surface area contributed by atoms with Gasteiger partial charge in [0.1, 0.15) is 0 Å². The van der Waals surface area contributed by atoms with Crippen molar-refractivity contribution in [3.05, 3.63) is 12.7 Å². The van der Waals surface area contributed by atoms with Crippen LogP contribution in [-0.2, 0) is 18.2 Å². The van der Waals surface area contributed by atoms with Gasteiger partial charge in [0.2, 0.25) is 0 Å². The fourth-order valence-electron chi connectivity index (χ4n) is 0.435. The largest absolute Gasteiger partial charge is 0.490 e. The number of nitrogens with one attached hydrogen (secondary N) is 1. The second-order valence-electron chi connectivity index (χ2n) is 1.88. The van der Waals surface area contributed by atoms with Crippen molar-refractivity contribution in [2.75, 3.05) is 20.8 Å². The summed E-state index contributed by atoms with van der Waals surface area (Å²) in [5, 5.41) is 0. The summed E-state index contributed by atoms with van der Waals surface area (Å²) in [7, 11) is -0.868. The molecule has 5 nitrogen and oxygen atoms in total. The van der Waals surface area contributed by atoms with Crippen molar-refractivity contribution in [3.8, 4) is 0 Å². The summed E-state index contributed by atoms with van der Waals surface area (Å²) in [6.07, 6.45) is 2.42. The lowest BCUT2D eigenvalue weighted by atomic mass is 10.4. The lowest BCUT2D eigenvalue weighted by Gasteiger charge is -2.12. The van der Waals surface area contributed by atoms with Crippen LogP contribution in [0.25, 0.3) is 0 Å². The lowest BCUT2D eigenvalue weighted by molar-refractivity contribution is 0.0983. The zero-order valence-corrected chi connectivity index (χ0v) is 8.17. The molecule has 0 aromatic carbocycles. The number of hydroxylamine groups is 1. The molecule has 0 unspecified atom stereocenters. The van der Waals surface area contributed by atoms with Gasteiger partial charge in [-0.15, -0.1) is 6.58 Å². The Bertz CT molecular complexity index is 165. The highest BCUT2D eigenvalue weighted by Crippen LogP contribution is 2.46. The van der Waals surface area contributed by atoms with Crippen molar-refractivity contribution in [3.63, 3.8) is 0 Å². The molecule has 6 heteroatoms. The molecule has 0 spiro atoms. The molecule has 0 radical (unpaired) electrons. The van der Waals surface area contributed by atoms with E-state index >= 15 is 0 Å². The van der Waals surface area contributed by atoms with Gasteiger partial charge in [0, 0.05) is 20.8 Å². The van der Waals surface area contributed by atoms with Crippen LogP contribution in [-0.4, -0.2) is 20.8 Å². The van der Waals surface area contributed by atoms with E-state index in [4.69, 9.17) is 0 Å². The van der Waals surface area contributed by atoms with Crippen molar-refractivity contribution in [1.29, 1.82) is 0 Å². The van der Waals surface area contributed by atoms with E-state index in [1.54, 1.807) is 6.08 Å². The number of hydrogen-bond acceptors (Lipinski definition) is 5. The average Bonchev–Trinajstić information content (AvgIpc) is 2.12. The van der Waals surface area contributed by atoms with Crippen molar-refractivity contribution in [2.24, 2.45) is 0 Å². The third-order valence-electron chi connectivity index (χ3n) is 1.07. The first-order valence-electron chi connectivity index (χ1n) is 3.42. The normalized spacial score (nSPS) is 11.5. The summed E-state index contributed by atoms with van der Waals surface area (Å²) in [5.74, 6) is 0. The quantitative estimate of drug-likeness (QED) is 0.288. The van der Waals surface area contributed by atoms with Crippen LogP contribution in [0.5, 0.6) is 0 Å². The van der Waals surface area contributed by atoms with E-state index in [2.05, 4.69) is 25.7 Å². The molecular formula is C6H14NO4P. The van der Waals surface area contributed by atoms with E-state index in [9.17, 15) is 4.57 Å². The number of rotatable bonds is 7. The van der Waals surface area contributed by atoms with Gasteiger partial charge in [0.15, 0.2) is 0 Å². The molecule has 72 valence electrons. The summed E-state index contributed by atoms with van der Waals surface area (Å²) in [4.78, 5) is 0. The first kappa shape index (κ1) is 11.8. The predicted octanol–water partition coefficient (Wildman–Crippen LogP) is 1.48. The fraction of sp³-hybridized carbons (Fsp3) is 0.667. The maximum Gasteiger partial charge on any atom is 0.490 e. The van der Waals surface area contributed by atoms with Crippen LogP contribution in [0.15, 0.2) is 12.7 Å². The second-order valence-corrected chi connectivity index (χ2v) is 3.68. The van der Waals surface area contributed by atoms with Crippen LogP contribution in [0, 0.1) is 0 Å². The zero-order chi connectivity index (χ0) is 9.45. The van der Waals surface area contributed by atoms with Gasteiger partial charge in [-0.05, 0) is 6.42 Å². The van der Waals surface area contributed by atoms with E-state index in [0.717, 1.165) is 0 Å². The van der Waals surface area contributed by atoms with Gasteiger partial charge < -0.3 is 0 Å². The van der Waals surface area contributed by atoms with Crippen LogP contribution in [0.2, 0.25) is 0 Å². The molecule has 0 amide bonds. The summed E-state index contributed by atoms with van der Waals surface area (Å²) in [5.41, 5.74) is 2.44. The van der Waals surface area contributed by atoms with Crippen LogP contribution >= 0.6 is 7.82 Å². The number of hydrogen-bond donors (Lipinski definition) is 1. The third-order valence-corrected chi connectivity index (χ3v) is 2.32. The molecule has 0 aromatic heterocycles. The molecule has 0 saturated carbocycles. The molecule has 0 fully saturated rings. The Balaban J connectivity index is 3.59. The zero-order valence-electron chi connectivity index (χ0n) is 7.28. The van der Waals surface area contributed by atoms with E-state index in [1.807, 2.05) is 0 Å². The monoisotopic (exact) mass is 195 g/mol. The van der Waals surface area contributed by atoms with Crippen LogP contribution in [0.4, 0.5) is 0 Å². The van der Waals surface area contributed by atoms with Gasteiger partial charge >= 0.3 is 7.82 Å². The molecule has 1 N–H and O–H groups in total. The molecule has 0 atom stereocenters. The molecular weight excluding hydrogens is 181 g/mol. The SMILES string of the molecule is C=CCCNOP(=O)(OC)OC. The number of phosphoric ester groups is 1. The van der Waals surface area contributed by atoms with Crippen molar-refractivity contribution < 1.29 is 18.2 Å². The maximum absolute atomic E-state index is 11.2. The summed E-state index contributed by atoms with van der Waals surface area (Å²) in [6.45, 7) is 4.02. The average molecular weight is 195 g/mol. The Kier molecular flexibility index (Phi) is 6.24. The van der Waals surface area contributed by atoms with Gasteiger partial charge in [-0.25, -0.2) is 4.57 Å². The van der Waals surface area contributed by atoms with Gasteiger partial charge in [0.25, 0.3) is 0 Å². The Hall–Kier alpha value is -0.190. The smallest absolute Gasteiger partial charge is 0.289 e. The van der Waals surface area contributed by atoms with Crippen molar-refractivity contribution in [2.45, 2.75) is 6.42 Å². The highest BCUT2D eigenvalue weighted by Gasteiger charge is 2.22. The van der Waals surface area contributed by atoms with E-state index in [1.165, 1.54) is 14.2 Å². The molecule has 0 bridgehead atoms. The first-order chi connectivity index (χ1) is 5.68. The lowest BCUT2D eigenvalue weighted by Crippen LogP contribution is -2.14. The molecule has 0 aliphatic heterocycles. The molecule has 0 saturated heterocycles. The second kappa shape index (κ2) is 6.34. The summed E-state index contributed by atoms with van der Waals surface area (Å²) < 4.78 is 24.8. The molecule has 0 aromatic rings. The molecule has 0 heterocycles. The fourth-order valence-corrected chi connectivity index (χ4v) is 0.982. The highest BCUT2D eigenvalue weighted by atomic mass is 31.2. The van der Waals surface area contributed by atoms with E-state index < -0.39 is 7.82 Å². The Morgan fingerprint density at radius 3 is 2.50 bits per heavy atom. The van der Waals surface area contributed by atoms with Gasteiger partial charge in [0.05, 0.1) is 0 Å². The molecule has 12 heavy (non-hydrogen) atoms. The van der Waals surface area contributed by atoms with Crippen LogP contribution in [0.3, 0.4) is 0 Å². The van der Waals surface area contributed by atoms with E-state index in [0.29, 0.717) is 13.0 Å². The minimum atomic E-state index is -3.37. The van der Waals surface area contributed by atoms with Gasteiger partial charge in [-0.3, -0.25) is 9.05 Å². The summed E-state index contributed by atoms with van der Waals surface area (Å²) in [6, 6.07) is 0. The standard InChI is InChI=1S/C6H14NO4P/c1-4-5-6-7-11-12(8,9-2)10-3/h4,7H,1,5-6H2,2-3H3. The molecule has 0 aliphatic carbocycles. The Morgan fingerprint density at radius 1 is 1.50 bits per heavy atom. The minimum absolute atomic E-state index is 0.514. The van der Waals surface area contributed by atoms with E-state index in [-0.39, 0.29) is 0 Å². The number of phosphoric acid groups is 1.